The molecule has 3 rings (SSSR count). The first-order valence-corrected chi connectivity index (χ1v) is 10.6. The molecule has 0 aliphatic carbocycles. The molecule has 0 bridgehead atoms. The summed E-state index contributed by atoms with van der Waals surface area (Å²) < 4.78 is 25.5. The molecule has 3 aromatic carbocycles. The van der Waals surface area contributed by atoms with Gasteiger partial charge in [-0.05, 0) is 60.0 Å². The van der Waals surface area contributed by atoms with E-state index in [2.05, 4.69) is 17.1 Å². The molecule has 1 N–H and O–H groups in total. The number of halogens is 1. The molecule has 0 spiro atoms. The number of nitriles is 1. The topological polar surface area (TPSA) is 127 Å². The summed E-state index contributed by atoms with van der Waals surface area (Å²) in [4.78, 5) is 22.6. The molecule has 3 aromatic rings. The average Bonchev–Trinajstić information content (AvgIpc) is 2.87. The van der Waals surface area contributed by atoms with Crippen molar-refractivity contribution >= 4 is 17.8 Å². The maximum atomic E-state index is 14.0. The Morgan fingerprint density at radius 3 is 2.61 bits per heavy atom. The number of ether oxygens (including phenoxy) is 2. The van der Waals surface area contributed by atoms with Crippen molar-refractivity contribution in [2.45, 2.75) is 13.0 Å². The minimum absolute atomic E-state index is 0.0127. The molecule has 0 aliphatic rings. The van der Waals surface area contributed by atoms with Crippen LogP contribution in [0.15, 0.2) is 72.4 Å². The minimum atomic E-state index is -0.828. The van der Waals surface area contributed by atoms with E-state index in [9.17, 15) is 19.3 Å². The number of nitrogens with one attached hydrogen (secondary N) is 1. The second kappa shape index (κ2) is 11.9. The number of nitro benzene ring substituents is 1. The van der Waals surface area contributed by atoms with Crippen molar-refractivity contribution in [1.82, 2.24) is 5.43 Å². The second-order valence-electron chi connectivity index (χ2n) is 7.42. The van der Waals surface area contributed by atoms with Gasteiger partial charge in [-0.2, -0.15) is 10.4 Å². The molecular weight excluding hydrogens is 467 g/mol. The van der Waals surface area contributed by atoms with Gasteiger partial charge in [0.2, 0.25) is 0 Å². The number of non-ortho nitro benzene ring substituents is 1. The lowest BCUT2D eigenvalue weighted by Gasteiger charge is -2.16. The monoisotopic (exact) mass is 488 g/mol. The van der Waals surface area contributed by atoms with Gasteiger partial charge in [0.25, 0.3) is 11.6 Å². The summed E-state index contributed by atoms with van der Waals surface area (Å²) >= 11 is 0. The van der Waals surface area contributed by atoms with E-state index >= 15 is 0 Å². The molecule has 0 aromatic heterocycles. The van der Waals surface area contributed by atoms with E-state index in [4.69, 9.17) is 14.7 Å². The third-order valence-electron chi connectivity index (χ3n) is 4.99. The van der Waals surface area contributed by atoms with Gasteiger partial charge in [-0.25, -0.2) is 9.82 Å². The summed E-state index contributed by atoms with van der Waals surface area (Å²) in [5.74, 6) is -0.723. The number of carbonyl (C=O) groups excluding carboxylic acids is 1. The SMILES string of the molecule is C=CCc1cc(C=NNC(=O)c2ccc(C#N)cc2F)cc(OC)c1OCc1ccc([N+](=O)[O-])cc1. The Bertz CT molecular complexity index is 1360. The highest BCUT2D eigenvalue weighted by Gasteiger charge is 2.14. The first-order valence-electron chi connectivity index (χ1n) is 10.6. The Morgan fingerprint density at radius 2 is 2.00 bits per heavy atom. The highest BCUT2D eigenvalue weighted by molar-refractivity contribution is 5.95. The van der Waals surface area contributed by atoms with Crippen molar-refractivity contribution in [3.63, 3.8) is 0 Å². The van der Waals surface area contributed by atoms with Gasteiger partial charge >= 0.3 is 0 Å². The third kappa shape index (κ3) is 6.30. The number of nitrogens with zero attached hydrogens (tertiary/aromatic N) is 3. The first-order chi connectivity index (χ1) is 17.4. The van der Waals surface area contributed by atoms with Gasteiger partial charge in [0.15, 0.2) is 11.5 Å². The van der Waals surface area contributed by atoms with Crippen LogP contribution in [0.1, 0.15) is 32.6 Å². The lowest BCUT2D eigenvalue weighted by atomic mass is 10.1. The normalized spacial score (nSPS) is 10.5. The van der Waals surface area contributed by atoms with Gasteiger partial charge in [0.05, 0.1) is 35.4 Å². The van der Waals surface area contributed by atoms with Crippen LogP contribution in [-0.2, 0) is 13.0 Å². The Morgan fingerprint density at radius 1 is 1.25 bits per heavy atom. The second-order valence-corrected chi connectivity index (χ2v) is 7.42. The van der Waals surface area contributed by atoms with Crippen molar-refractivity contribution in [3.05, 3.63) is 111 Å². The summed E-state index contributed by atoms with van der Waals surface area (Å²) in [5.41, 5.74) is 4.14. The molecule has 9 nitrogen and oxygen atoms in total. The van der Waals surface area contributed by atoms with Crippen LogP contribution in [0, 0.1) is 27.3 Å². The number of amides is 1. The molecule has 0 atom stereocenters. The number of hydrogen-bond donors (Lipinski definition) is 1. The van der Waals surface area contributed by atoms with Crippen molar-refractivity contribution in [3.8, 4) is 17.6 Å². The highest BCUT2D eigenvalue weighted by Crippen LogP contribution is 2.34. The number of carbonyl (C=O) groups is 1. The number of rotatable bonds is 10. The summed E-state index contributed by atoms with van der Waals surface area (Å²) in [6, 6.07) is 14.8. The van der Waals surface area contributed by atoms with Crippen molar-refractivity contribution in [2.24, 2.45) is 5.10 Å². The Balaban J connectivity index is 1.77. The largest absolute Gasteiger partial charge is 0.493 e. The summed E-state index contributed by atoms with van der Waals surface area (Å²) in [5, 5.41) is 23.5. The Hall–Kier alpha value is -5.04. The fourth-order valence-electron chi connectivity index (χ4n) is 3.24. The third-order valence-corrected chi connectivity index (χ3v) is 4.99. The highest BCUT2D eigenvalue weighted by atomic mass is 19.1. The van der Waals surface area contributed by atoms with Crippen LogP contribution in [-0.4, -0.2) is 24.2 Å². The van der Waals surface area contributed by atoms with Crippen LogP contribution >= 0.6 is 0 Å². The number of nitro groups is 1. The van der Waals surface area contributed by atoms with Gasteiger partial charge in [-0.1, -0.05) is 6.08 Å². The molecular formula is C26H21FN4O5. The molecule has 0 radical (unpaired) electrons. The maximum Gasteiger partial charge on any atom is 0.274 e. The lowest BCUT2D eigenvalue weighted by molar-refractivity contribution is -0.384. The molecule has 0 saturated carbocycles. The zero-order valence-electron chi connectivity index (χ0n) is 19.2. The molecule has 0 fully saturated rings. The number of benzene rings is 3. The predicted octanol–water partition coefficient (Wildman–Crippen LogP) is 4.69. The summed E-state index contributed by atoms with van der Waals surface area (Å²) in [6.07, 6.45) is 3.50. The quantitative estimate of drug-likeness (QED) is 0.191. The molecule has 0 aliphatic heterocycles. The lowest BCUT2D eigenvalue weighted by Crippen LogP contribution is -2.19. The summed E-state index contributed by atoms with van der Waals surface area (Å²) in [7, 11) is 1.47. The first kappa shape index (κ1) is 25.6. The van der Waals surface area contributed by atoms with Crippen LogP contribution in [0.4, 0.5) is 10.1 Å². The van der Waals surface area contributed by atoms with E-state index in [0.29, 0.717) is 23.5 Å². The van der Waals surface area contributed by atoms with Crippen LogP contribution < -0.4 is 14.9 Å². The molecule has 1 amide bonds. The van der Waals surface area contributed by atoms with Crippen molar-refractivity contribution in [2.75, 3.05) is 7.11 Å². The standard InChI is InChI=1S/C26H21FN4O5/c1-3-4-20-11-19(15-29-30-26(32)22-10-7-18(14-28)12-23(22)27)13-24(35-2)25(20)36-16-17-5-8-21(9-6-17)31(33)34/h3,5-13,15H,1,4,16H2,2H3,(H,30,32). The van der Waals surface area contributed by atoms with E-state index in [1.807, 2.05) is 0 Å². The molecule has 0 unspecified atom stereocenters. The van der Waals surface area contributed by atoms with E-state index in [1.54, 1.807) is 36.4 Å². The van der Waals surface area contributed by atoms with E-state index in [0.717, 1.165) is 17.2 Å². The van der Waals surface area contributed by atoms with Gasteiger partial charge in [0.1, 0.15) is 12.4 Å². The van der Waals surface area contributed by atoms with Crippen molar-refractivity contribution < 1.29 is 23.6 Å². The van der Waals surface area contributed by atoms with Gasteiger partial charge in [-0.15, -0.1) is 6.58 Å². The van der Waals surface area contributed by atoms with Crippen LogP contribution in [0.25, 0.3) is 0 Å². The van der Waals surface area contributed by atoms with Crippen LogP contribution in [0.2, 0.25) is 0 Å². The van der Waals surface area contributed by atoms with E-state index in [1.165, 1.54) is 37.6 Å². The number of hydrogen-bond acceptors (Lipinski definition) is 7. The van der Waals surface area contributed by atoms with Crippen LogP contribution in [0.3, 0.4) is 0 Å². The Kier molecular flexibility index (Phi) is 8.45. The van der Waals surface area contributed by atoms with Gasteiger partial charge < -0.3 is 9.47 Å². The average molecular weight is 488 g/mol. The zero-order valence-corrected chi connectivity index (χ0v) is 19.2. The molecule has 182 valence electrons. The van der Waals surface area contributed by atoms with E-state index in [-0.39, 0.29) is 23.4 Å². The predicted molar refractivity (Wildman–Crippen MR) is 130 cm³/mol. The fraction of sp³-hybridized carbons (Fsp3) is 0.115. The number of allylic oxidation sites excluding steroid dienone is 1. The zero-order chi connectivity index (χ0) is 26.1. The van der Waals surface area contributed by atoms with Crippen molar-refractivity contribution in [1.29, 1.82) is 5.26 Å². The molecule has 0 heterocycles. The van der Waals surface area contributed by atoms with Crippen LogP contribution in [0.5, 0.6) is 11.5 Å². The van der Waals surface area contributed by atoms with E-state index < -0.39 is 16.6 Å². The Labute approximate surface area is 206 Å². The maximum absolute atomic E-state index is 14.0. The number of methoxy groups -OCH3 is 1. The smallest absolute Gasteiger partial charge is 0.274 e. The molecule has 0 saturated heterocycles. The fourth-order valence-corrected chi connectivity index (χ4v) is 3.24. The summed E-state index contributed by atoms with van der Waals surface area (Å²) in [6.45, 7) is 3.91. The van der Waals surface area contributed by atoms with Gasteiger partial charge in [-0.3, -0.25) is 14.9 Å². The molecule has 36 heavy (non-hydrogen) atoms. The minimum Gasteiger partial charge on any atom is -0.493 e. The number of hydrazone groups is 1. The van der Waals surface area contributed by atoms with Gasteiger partial charge in [0, 0.05) is 17.7 Å². The molecule has 10 heteroatoms.